The molecule has 26 heavy (non-hydrogen) atoms. The van der Waals surface area contributed by atoms with Crippen molar-refractivity contribution >= 4 is 39.9 Å². The predicted octanol–water partition coefficient (Wildman–Crippen LogP) is 6.60. The topological polar surface area (TPSA) is 32.9 Å². The molecule has 0 saturated heterocycles. The van der Waals surface area contributed by atoms with Gasteiger partial charge in [-0.15, -0.1) is 0 Å². The summed E-state index contributed by atoms with van der Waals surface area (Å²) in [5, 5.41) is 1.32. The minimum atomic E-state index is -4.41. The highest BCUT2D eigenvalue weighted by Crippen LogP contribution is 2.35. The maximum Gasteiger partial charge on any atom is 0.416 e. The van der Waals surface area contributed by atoms with Crippen molar-refractivity contribution in [2.24, 2.45) is 0 Å². The number of aromatic amines is 1. The molecule has 3 aromatic rings. The fourth-order valence-electron chi connectivity index (χ4n) is 2.98. The van der Waals surface area contributed by atoms with Gasteiger partial charge in [0.25, 0.3) is 0 Å². The quantitative estimate of drug-likeness (QED) is 0.494. The fraction of sp³-hybridized carbons (Fsp3) is 0.211. The van der Waals surface area contributed by atoms with Gasteiger partial charge in [0.05, 0.1) is 10.6 Å². The van der Waals surface area contributed by atoms with Gasteiger partial charge in [-0.25, -0.2) is 0 Å². The summed E-state index contributed by atoms with van der Waals surface area (Å²) in [5.41, 5.74) is 1.44. The van der Waals surface area contributed by atoms with Crippen molar-refractivity contribution in [2.45, 2.75) is 26.4 Å². The van der Waals surface area contributed by atoms with Crippen LogP contribution in [0.2, 0.25) is 10.0 Å². The normalized spacial score (nSPS) is 12.0. The molecule has 0 bridgehead atoms. The molecule has 0 unspecified atom stereocenters. The third-order valence-corrected chi connectivity index (χ3v) is 5.05. The molecule has 7 heteroatoms. The van der Waals surface area contributed by atoms with Crippen LogP contribution in [0.25, 0.3) is 10.9 Å². The van der Waals surface area contributed by atoms with Crippen LogP contribution in [0, 0.1) is 6.92 Å². The van der Waals surface area contributed by atoms with E-state index < -0.39 is 11.7 Å². The van der Waals surface area contributed by atoms with Gasteiger partial charge in [0.15, 0.2) is 5.78 Å². The molecule has 1 heterocycles. The molecule has 3 rings (SSSR count). The van der Waals surface area contributed by atoms with Crippen LogP contribution in [0.3, 0.4) is 0 Å². The molecule has 0 aliphatic heterocycles. The van der Waals surface area contributed by atoms with E-state index in [1.165, 1.54) is 19.9 Å². The fourth-order valence-corrected chi connectivity index (χ4v) is 3.61. The highest BCUT2D eigenvalue weighted by atomic mass is 35.5. The first kappa shape index (κ1) is 18.8. The summed E-state index contributed by atoms with van der Waals surface area (Å²) in [6.45, 7) is 2.84. The second-order valence-corrected chi connectivity index (χ2v) is 6.95. The molecule has 0 radical (unpaired) electrons. The average molecular weight is 400 g/mol. The highest BCUT2D eigenvalue weighted by molar-refractivity contribution is 6.38. The van der Waals surface area contributed by atoms with E-state index in [0.717, 1.165) is 6.07 Å². The van der Waals surface area contributed by atoms with Crippen molar-refractivity contribution in [3.8, 4) is 0 Å². The van der Waals surface area contributed by atoms with E-state index in [9.17, 15) is 18.0 Å². The van der Waals surface area contributed by atoms with Crippen LogP contribution in [0.15, 0.2) is 30.3 Å². The molecule has 0 saturated carbocycles. The summed E-state index contributed by atoms with van der Waals surface area (Å²) >= 11 is 12.5. The van der Waals surface area contributed by atoms with Crippen LogP contribution < -0.4 is 0 Å². The van der Waals surface area contributed by atoms with Gasteiger partial charge in [-0.1, -0.05) is 23.2 Å². The van der Waals surface area contributed by atoms with Gasteiger partial charge in [0.2, 0.25) is 0 Å². The molecule has 0 aliphatic carbocycles. The van der Waals surface area contributed by atoms with Crippen LogP contribution in [-0.4, -0.2) is 10.8 Å². The van der Waals surface area contributed by atoms with E-state index in [-0.39, 0.29) is 22.8 Å². The van der Waals surface area contributed by atoms with Crippen LogP contribution >= 0.6 is 23.2 Å². The van der Waals surface area contributed by atoms with Crippen molar-refractivity contribution < 1.29 is 18.0 Å². The number of H-pyrrole nitrogens is 1. The third-order valence-electron chi connectivity index (χ3n) is 4.26. The Kier molecular flexibility index (Phi) is 4.80. The maximum atomic E-state index is 13.1. The first-order valence-electron chi connectivity index (χ1n) is 7.75. The van der Waals surface area contributed by atoms with Crippen molar-refractivity contribution in [3.05, 3.63) is 68.3 Å². The second-order valence-electron chi connectivity index (χ2n) is 6.17. The van der Waals surface area contributed by atoms with Gasteiger partial charge < -0.3 is 4.98 Å². The van der Waals surface area contributed by atoms with E-state index in [1.807, 2.05) is 0 Å². The van der Waals surface area contributed by atoms with Gasteiger partial charge >= 0.3 is 6.18 Å². The van der Waals surface area contributed by atoms with Crippen LogP contribution in [-0.2, 0) is 12.6 Å². The lowest BCUT2D eigenvalue weighted by molar-refractivity contribution is -0.137. The molecule has 0 fully saturated rings. The van der Waals surface area contributed by atoms with E-state index >= 15 is 0 Å². The van der Waals surface area contributed by atoms with Gasteiger partial charge in [0.1, 0.15) is 0 Å². The number of hydrogen-bond donors (Lipinski definition) is 1. The largest absolute Gasteiger partial charge is 0.416 e. The summed E-state index contributed by atoms with van der Waals surface area (Å²) in [6, 6.07) is 7.50. The Morgan fingerprint density at radius 1 is 1.15 bits per heavy atom. The van der Waals surface area contributed by atoms with E-state index in [2.05, 4.69) is 4.98 Å². The third kappa shape index (κ3) is 3.46. The maximum absolute atomic E-state index is 13.1. The Hall–Kier alpha value is -1.98. The molecule has 0 aliphatic rings. The van der Waals surface area contributed by atoms with Crippen LogP contribution in [0.1, 0.15) is 39.7 Å². The Labute approximate surface area is 157 Å². The van der Waals surface area contributed by atoms with Gasteiger partial charge in [-0.05, 0) is 60.7 Å². The minimum absolute atomic E-state index is 0.158. The summed E-state index contributed by atoms with van der Waals surface area (Å²) in [4.78, 5) is 14.6. The van der Waals surface area contributed by atoms with Gasteiger partial charge in [-0.2, -0.15) is 13.2 Å². The lowest BCUT2D eigenvalue weighted by Gasteiger charge is -2.10. The Morgan fingerprint density at radius 3 is 2.46 bits per heavy atom. The number of aryl methyl sites for hydroxylation is 1. The number of carbonyl (C=O) groups excluding carboxylic acids is 1. The monoisotopic (exact) mass is 399 g/mol. The molecule has 1 N–H and O–H groups in total. The zero-order chi connectivity index (χ0) is 19.2. The molecule has 1 aromatic heterocycles. The van der Waals surface area contributed by atoms with Crippen molar-refractivity contribution in [2.75, 3.05) is 0 Å². The van der Waals surface area contributed by atoms with Gasteiger partial charge in [-0.3, -0.25) is 4.79 Å². The van der Waals surface area contributed by atoms with Crippen molar-refractivity contribution in [1.82, 2.24) is 4.98 Å². The van der Waals surface area contributed by atoms with Crippen molar-refractivity contribution in [3.63, 3.8) is 0 Å². The lowest BCUT2D eigenvalue weighted by Crippen LogP contribution is -2.07. The number of benzene rings is 2. The number of ketones is 1. The summed E-state index contributed by atoms with van der Waals surface area (Å²) in [5.74, 6) is -0.185. The molecular weight excluding hydrogens is 386 g/mol. The number of alkyl halides is 3. The summed E-state index contributed by atoms with van der Waals surface area (Å²) < 4.78 is 39.2. The molecular formula is C19H14Cl2F3NO. The zero-order valence-corrected chi connectivity index (χ0v) is 15.4. The molecule has 2 aromatic carbocycles. The number of fused-ring (bicyclic) bond motifs is 1. The predicted molar refractivity (Wildman–Crippen MR) is 97.3 cm³/mol. The highest BCUT2D eigenvalue weighted by Gasteiger charge is 2.32. The van der Waals surface area contributed by atoms with Gasteiger partial charge in [0, 0.05) is 28.2 Å². The Bertz CT molecular complexity index is 1020. The van der Waals surface area contributed by atoms with E-state index in [0.29, 0.717) is 32.7 Å². The Morgan fingerprint density at radius 2 is 1.85 bits per heavy atom. The minimum Gasteiger partial charge on any atom is -0.358 e. The molecule has 0 spiro atoms. The Balaban J connectivity index is 2.06. The average Bonchev–Trinajstić information content (AvgIpc) is 2.90. The molecule has 2 nitrogen and oxygen atoms in total. The molecule has 136 valence electrons. The second kappa shape index (κ2) is 6.63. The summed E-state index contributed by atoms with van der Waals surface area (Å²) in [7, 11) is 0. The van der Waals surface area contributed by atoms with Crippen LogP contribution in [0.4, 0.5) is 13.2 Å². The smallest absolute Gasteiger partial charge is 0.358 e. The van der Waals surface area contributed by atoms with Crippen LogP contribution in [0.5, 0.6) is 0 Å². The number of Topliss-reactive ketones (excluding diaryl/α,β-unsaturated/α-hetero) is 1. The number of nitrogens with one attached hydrogen (secondary N) is 1. The van der Waals surface area contributed by atoms with Crippen molar-refractivity contribution in [1.29, 1.82) is 0 Å². The SMILES string of the molecule is CC(=O)c1ccc(Cl)c(Cc2cc3cc(C)c(C(F)(F)F)cc3[nH]2)c1Cl. The molecule has 0 atom stereocenters. The zero-order valence-electron chi connectivity index (χ0n) is 13.9. The first-order chi connectivity index (χ1) is 12.1. The summed E-state index contributed by atoms with van der Waals surface area (Å²) in [6.07, 6.45) is -4.14. The number of halogens is 5. The number of aromatic nitrogens is 1. The standard InChI is InChI=1S/C19H14Cl2F3NO/c1-9-5-11-6-12(25-17(11)8-15(9)19(22,23)24)7-14-16(20)4-3-13(10(2)26)18(14)21/h3-6,8,25H,7H2,1-2H3. The van der Waals surface area contributed by atoms with E-state index in [4.69, 9.17) is 23.2 Å². The van der Waals surface area contributed by atoms with E-state index in [1.54, 1.807) is 18.2 Å². The lowest BCUT2D eigenvalue weighted by atomic mass is 10.0. The number of rotatable bonds is 3. The molecule has 0 amide bonds. The first-order valence-corrected chi connectivity index (χ1v) is 8.50. The number of hydrogen-bond acceptors (Lipinski definition) is 1. The number of carbonyl (C=O) groups is 1.